The molecule has 4 rings (SSSR count). The Bertz CT molecular complexity index is 1110. The Balaban J connectivity index is 1.52. The van der Waals surface area contributed by atoms with Gasteiger partial charge >= 0.3 is 0 Å². The molecule has 0 aliphatic rings. The minimum Gasteiger partial charge on any atom is -0.545 e. The molecule has 0 aliphatic heterocycles. The molecule has 0 spiro atoms. The molecule has 4 aromatic rings. The lowest BCUT2D eigenvalue weighted by Crippen LogP contribution is -2.80. The number of nitrogens with two attached hydrogens (primary N) is 1. The van der Waals surface area contributed by atoms with Crippen molar-refractivity contribution in [3.63, 3.8) is 0 Å². The normalized spacial score (nSPS) is 11.3. The van der Waals surface area contributed by atoms with Gasteiger partial charge in [0.2, 0.25) is 0 Å². The van der Waals surface area contributed by atoms with Gasteiger partial charge in [0, 0.05) is 39.5 Å². The lowest BCUT2D eigenvalue weighted by atomic mass is 10.1. The molecular formula is C23H22N2O2. The van der Waals surface area contributed by atoms with Gasteiger partial charge in [-0.25, -0.2) is 0 Å². The summed E-state index contributed by atoms with van der Waals surface area (Å²) >= 11 is 0. The van der Waals surface area contributed by atoms with Gasteiger partial charge in [-0.3, -0.25) is 0 Å². The highest BCUT2D eigenvalue weighted by molar-refractivity contribution is 6.08. The lowest BCUT2D eigenvalue weighted by Gasteiger charge is -2.06. The lowest BCUT2D eigenvalue weighted by molar-refractivity contribution is -0.686. The molecule has 4 heteroatoms. The number of hydrogen-bond donors (Lipinski definition) is 1. The molecule has 0 atom stereocenters. The predicted molar refractivity (Wildman–Crippen MR) is 105 cm³/mol. The Labute approximate surface area is 158 Å². The minimum atomic E-state index is -1.13. The standard InChI is InChI=1S/C23H22N2O2/c1-2-25-21-6-4-3-5-19(21)20-13-17(9-12-22(20)25)15-24-14-16-7-10-18(11-8-16)23(26)27/h3-13,24H,2,14-15H2,1H3,(H,26,27). The molecule has 0 aliphatic carbocycles. The zero-order valence-corrected chi connectivity index (χ0v) is 15.3. The van der Waals surface area contributed by atoms with Crippen LogP contribution >= 0.6 is 0 Å². The number of carboxylic acids is 1. The van der Waals surface area contributed by atoms with Crippen LogP contribution in [0.1, 0.15) is 28.4 Å². The van der Waals surface area contributed by atoms with Crippen LogP contribution in [0.2, 0.25) is 0 Å². The first-order valence-corrected chi connectivity index (χ1v) is 9.29. The number of fused-ring (bicyclic) bond motifs is 3. The molecule has 0 fully saturated rings. The number of carbonyl (C=O) groups excluding carboxylic acids is 1. The van der Waals surface area contributed by atoms with Crippen molar-refractivity contribution in [2.75, 3.05) is 0 Å². The average molecular weight is 358 g/mol. The van der Waals surface area contributed by atoms with E-state index in [2.05, 4.69) is 59.3 Å². The number of rotatable bonds is 6. The molecule has 4 nitrogen and oxygen atoms in total. The molecule has 136 valence electrons. The molecule has 0 amide bonds. The van der Waals surface area contributed by atoms with E-state index in [1.165, 1.54) is 27.4 Å². The molecule has 1 aromatic heterocycles. The van der Waals surface area contributed by atoms with Crippen molar-refractivity contribution in [3.8, 4) is 0 Å². The highest BCUT2D eigenvalue weighted by Gasteiger charge is 2.10. The number of hydrogen-bond acceptors (Lipinski definition) is 2. The summed E-state index contributed by atoms with van der Waals surface area (Å²) in [7, 11) is 0. The summed E-state index contributed by atoms with van der Waals surface area (Å²) in [5.74, 6) is -1.13. The summed E-state index contributed by atoms with van der Waals surface area (Å²) in [6.07, 6.45) is 0. The van der Waals surface area contributed by atoms with E-state index in [1.54, 1.807) is 12.1 Å². The maximum absolute atomic E-state index is 10.8. The van der Waals surface area contributed by atoms with Crippen molar-refractivity contribution in [1.29, 1.82) is 0 Å². The van der Waals surface area contributed by atoms with Crippen LogP contribution in [-0.2, 0) is 19.6 Å². The van der Waals surface area contributed by atoms with Crippen LogP contribution in [0.15, 0.2) is 66.7 Å². The Kier molecular flexibility index (Phi) is 4.65. The fourth-order valence-electron chi connectivity index (χ4n) is 3.75. The first kappa shape index (κ1) is 17.3. The number of carbonyl (C=O) groups is 1. The minimum absolute atomic E-state index is 0.219. The number of carboxylic acid groups (broad SMARTS) is 1. The van der Waals surface area contributed by atoms with Gasteiger partial charge in [-0.2, -0.15) is 0 Å². The van der Waals surface area contributed by atoms with Crippen molar-refractivity contribution in [3.05, 3.63) is 83.4 Å². The highest BCUT2D eigenvalue weighted by atomic mass is 16.4. The fraction of sp³-hybridized carbons (Fsp3) is 0.174. The van der Waals surface area contributed by atoms with E-state index < -0.39 is 5.97 Å². The van der Waals surface area contributed by atoms with E-state index in [0.29, 0.717) is 0 Å². The monoisotopic (exact) mass is 358 g/mol. The van der Waals surface area contributed by atoms with Crippen LogP contribution in [0.25, 0.3) is 21.8 Å². The largest absolute Gasteiger partial charge is 0.545 e. The second-order valence-corrected chi connectivity index (χ2v) is 6.79. The SMILES string of the molecule is CCn1c2ccccc2c2cc(C[NH2+]Cc3ccc(C(=O)[O-])cc3)ccc21. The van der Waals surface area contributed by atoms with Crippen LogP contribution < -0.4 is 10.4 Å². The third-order valence-electron chi connectivity index (χ3n) is 5.10. The third-order valence-corrected chi connectivity index (χ3v) is 5.10. The highest BCUT2D eigenvalue weighted by Crippen LogP contribution is 2.29. The number of aromatic nitrogens is 1. The van der Waals surface area contributed by atoms with Gasteiger partial charge in [-0.15, -0.1) is 0 Å². The van der Waals surface area contributed by atoms with E-state index in [-0.39, 0.29) is 5.56 Å². The predicted octanol–water partition coefficient (Wildman–Crippen LogP) is 2.44. The molecule has 27 heavy (non-hydrogen) atoms. The smallest absolute Gasteiger partial charge is 0.102 e. The van der Waals surface area contributed by atoms with Gasteiger partial charge < -0.3 is 19.8 Å². The van der Waals surface area contributed by atoms with E-state index in [1.807, 2.05) is 12.1 Å². The quantitative estimate of drug-likeness (QED) is 0.575. The Morgan fingerprint density at radius 2 is 1.56 bits per heavy atom. The average Bonchev–Trinajstić information content (AvgIpc) is 3.01. The van der Waals surface area contributed by atoms with E-state index in [9.17, 15) is 9.90 Å². The summed E-state index contributed by atoms with van der Waals surface area (Å²) in [5.41, 5.74) is 5.16. The summed E-state index contributed by atoms with van der Waals surface area (Å²) in [6.45, 7) is 4.82. The Morgan fingerprint density at radius 1 is 0.889 bits per heavy atom. The van der Waals surface area contributed by atoms with Gasteiger partial charge in [0.25, 0.3) is 0 Å². The van der Waals surface area contributed by atoms with Crippen LogP contribution in [0, 0.1) is 0 Å². The molecular weight excluding hydrogens is 336 g/mol. The van der Waals surface area contributed by atoms with Gasteiger partial charge in [-0.05, 0) is 30.7 Å². The molecule has 3 aromatic carbocycles. The fourth-order valence-corrected chi connectivity index (χ4v) is 3.75. The van der Waals surface area contributed by atoms with Crippen LogP contribution in [0.3, 0.4) is 0 Å². The van der Waals surface area contributed by atoms with Crippen molar-refractivity contribution < 1.29 is 15.2 Å². The number of para-hydroxylation sites is 1. The summed E-state index contributed by atoms with van der Waals surface area (Å²) in [4.78, 5) is 10.8. The Hall–Kier alpha value is -3.11. The third kappa shape index (κ3) is 3.32. The molecule has 0 saturated heterocycles. The van der Waals surface area contributed by atoms with Crippen molar-refractivity contribution in [2.45, 2.75) is 26.6 Å². The topological polar surface area (TPSA) is 61.7 Å². The molecule has 0 saturated carbocycles. The number of nitrogens with zero attached hydrogens (tertiary/aromatic N) is 1. The molecule has 2 N–H and O–H groups in total. The first-order chi connectivity index (χ1) is 13.2. The van der Waals surface area contributed by atoms with Gasteiger partial charge in [0.05, 0.1) is 5.97 Å². The van der Waals surface area contributed by atoms with Crippen molar-refractivity contribution in [1.82, 2.24) is 4.57 Å². The maximum Gasteiger partial charge on any atom is 0.102 e. The zero-order chi connectivity index (χ0) is 18.8. The van der Waals surface area contributed by atoms with Crippen molar-refractivity contribution in [2.24, 2.45) is 0 Å². The number of aryl methyl sites for hydroxylation is 1. The molecule has 1 heterocycles. The summed E-state index contributed by atoms with van der Waals surface area (Å²) in [5, 5.41) is 15.6. The molecule has 0 bridgehead atoms. The summed E-state index contributed by atoms with van der Waals surface area (Å²) in [6, 6.07) is 22.2. The molecule has 0 radical (unpaired) electrons. The van der Waals surface area contributed by atoms with E-state index in [0.717, 1.165) is 25.2 Å². The van der Waals surface area contributed by atoms with Crippen LogP contribution in [0.5, 0.6) is 0 Å². The second kappa shape index (κ2) is 7.25. The van der Waals surface area contributed by atoms with Crippen LogP contribution in [-0.4, -0.2) is 10.5 Å². The van der Waals surface area contributed by atoms with E-state index in [4.69, 9.17) is 0 Å². The second-order valence-electron chi connectivity index (χ2n) is 6.79. The maximum atomic E-state index is 10.8. The first-order valence-electron chi connectivity index (χ1n) is 9.29. The number of quaternary nitrogens is 1. The van der Waals surface area contributed by atoms with Crippen LogP contribution in [0.4, 0.5) is 0 Å². The van der Waals surface area contributed by atoms with Gasteiger partial charge in [0.1, 0.15) is 13.1 Å². The van der Waals surface area contributed by atoms with Crippen molar-refractivity contribution >= 4 is 27.8 Å². The number of aromatic carboxylic acids is 1. The summed E-state index contributed by atoms with van der Waals surface area (Å²) < 4.78 is 2.36. The number of benzene rings is 3. The van der Waals surface area contributed by atoms with Gasteiger partial charge in [0.15, 0.2) is 0 Å². The Morgan fingerprint density at radius 3 is 2.30 bits per heavy atom. The zero-order valence-electron chi connectivity index (χ0n) is 15.3. The molecule has 0 unspecified atom stereocenters. The van der Waals surface area contributed by atoms with Gasteiger partial charge in [-0.1, -0.05) is 48.5 Å². The van der Waals surface area contributed by atoms with E-state index >= 15 is 0 Å².